The molecule has 1 N–H and O–H groups in total. The molecule has 220 valence electrons. The first-order valence-electron chi connectivity index (χ1n) is 15.9. The van der Waals surface area contributed by atoms with E-state index in [4.69, 9.17) is 9.72 Å². The first-order chi connectivity index (χ1) is 20.6. The zero-order valence-corrected chi connectivity index (χ0v) is 25.2. The number of carbonyl (C=O) groups excluding carboxylic acids is 1. The van der Waals surface area contributed by atoms with E-state index in [2.05, 4.69) is 73.6 Å². The molecule has 9 rings (SSSR count). The van der Waals surface area contributed by atoms with Crippen LogP contribution in [0.3, 0.4) is 0 Å². The van der Waals surface area contributed by atoms with Gasteiger partial charge in [0.25, 0.3) is 0 Å². The summed E-state index contributed by atoms with van der Waals surface area (Å²) in [4.78, 5) is 24.5. The van der Waals surface area contributed by atoms with E-state index < -0.39 is 0 Å². The maximum Gasteiger partial charge on any atom is 0.317 e. The van der Waals surface area contributed by atoms with E-state index in [1.165, 1.54) is 55.0 Å². The normalized spacial score (nSPS) is 27.2. The Morgan fingerprint density at radius 1 is 1.00 bits per heavy atom. The summed E-state index contributed by atoms with van der Waals surface area (Å²) in [5, 5.41) is 8.33. The molecule has 4 aliphatic carbocycles. The van der Waals surface area contributed by atoms with Crippen LogP contribution in [0.5, 0.6) is 0 Å². The van der Waals surface area contributed by atoms with Gasteiger partial charge >= 0.3 is 6.03 Å². The maximum atomic E-state index is 14.0. The SMILES string of the molecule is O=C(NC12CC3CC(CC(C3)C1)C2)N(CCc1csc2nc(-c3ccc4ccccc4c3)cn12)CCN1CCOCC1. The van der Waals surface area contributed by atoms with Crippen molar-refractivity contribution in [2.45, 2.75) is 50.5 Å². The Labute approximate surface area is 251 Å². The number of hydrogen-bond acceptors (Lipinski definition) is 5. The molecule has 7 nitrogen and oxygen atoms in total. The number of thiazole rings is 1. The molecule has 3 heterocycles. The number of morpholine rings is 1. The number of imidazole rings is 1. The smallest absolute Gasteiger partial charge is 0.317 e. The van der Waals surface area contributed by atoms with Gasteiger partial charge in [-0.15, -0.1) is 11.3 Å². The molecule has 4 saturated carbocycles. The molecule has 0 spiro atoms. The number of carbonyl (C=O) groups is 1. The average Bonchev–Trinajstić information content (AvgIpc) is 3.58. The molecule has 1 aliphatic heterocycles. The second-order valence-electron chi connectivity index (χ2n) is 13.4. The predicted octanol–water partition coefficient (Wildman–Crippen LogP) is 6.07. The number of aromatic nitrogens is 2. The minimum Gasteiger partial charge on any atom is -0.379 e. The number of urea groups is 1. The second kappa shape index (κ2) is 11.0. The Kier molecular flexibility index (Phi) is 6.96. The lowest BCUT2D eigenvalue weighted by Crippen LogP contribution is -2.62. The molecule has 5 fully saturated rings. The van der Waals surface area contributed by atoms with E-state index in [1.54, 1.807) is 11.3 Å². The van der Waals surface area contributed by atoms with Gasteiger partial charge in [0.1, 0.15) is 0 Å². The molecular weight excluding hydrogens is 542 g/mol. The van der Waals surface area contributed by atoms with Gasteiger partial charge in [0.15, 0.2) is 4.96 Å². The van der Waals surface area contributed by atoms with Crippen LogP contribution >= 0.6 is 11.3 Å². The van der Waals surface area contributed by atoms with Gasteiger partial charge < -0.3 is 15.0 Å². The van der Waals surface area contributed by atoms with Gasteiger partial charge in [-0.3, -0.25) is 9.30 Å². The highest BCUT2D eigenvalue weighted by molar-refractivity contribution is 7.15. The lowest BCUT2D eigenvalue weighted by molar-refractivity contribution is -0.0160. The monoisotopic (exact) mass is 583 g/mol. The molecule has 5 aliphatic rings. The van der Waals surface area contributed by atoms with Gasteiger partial charge in [0, 0.05) is 67.5 Å². The van der Waals surface area contributed by atoms with Crippen LogP contribution in [0.15, 0.2) is 54.0 Å². The average molecular weight is 584 g/mol. The van der Waals surface area contributed by atoms with Crippen molar-refractivity contribution in [1.29, 1.82) is 0 Å². The highest BCUT2D eigenvalue weighted by Crippen LogP contribution is 2.55. The fourth-order valence-electron chi connectivity index (χ4n) is 8.72. The van der Waals surface area contributed by atoms with E-state index >= 15 is 0 Å². The van der Waals surface area contributed by atoms with Crippen LogP contribution in [-0.2, 0) is 11.2 Å². The molecule has 0 radical (unpaired) electrons. The van der Waals surface area contributed by atoms with Crippen molar-refractivity contribution in [3.63, 3.8) is 0 Å². The molecular formula is C34H41N5O2S. The second-order valence-corrected chi connectivity index (χ2v) is 14.2. The van der Waals surface area contributed by atoms with Gasteiger partial charge in [0.2, 0.25) is 0 Å². The molecule has 42 heavy (non-hydrogen) atoms. The van der Waals surface area contributed by atoms with E-state index in [9.17, 15) is 4.79 Å². The summed E-state index contributed by atoms with van der Waals surface area (Å²) in [6.45, 7) is 5.81. The van der Waals surface area contributed by atoms with Gasteiger partial charge in [0.05, 0.1) is 18.9 Å². The van der Waals surface area contributed by atoms with Gasteiger partial charge in [-0.25, -0.2) is 9.78 Å². The lowest BCUT2D eigenvalue weighted by Gasteiger charge is -2.57. The highest BCUT2D eigenvalue weighted by Gasteiger charge is 2.51. The largest absolute Gasteiger partial charge is 0.379 e. The van der Waals surface area contributed by atoms with E-state index in [0.29, 0.717) is 6.54 Å². The van der Waals surface area contributed by atoms with Crippen molar-refractivity contribution in [3.05, 3.63) is 59.7 Å². The molecule has 4 aromatic rings. The molecule has 2 amide bonds. The Balaban J connectivity index is 0.994. The molecule has 1 saturated heterocycles. The lowest BCUT2D eigenvalue weighted by atomic mass is 9.53. The van der Waals surface area contributed by atoms with Gasteiger partial charge in [-0.1, -0.05) is 36.4 Å². The number of fused-ring (bicyclic) bond motifs is 2. The Morgan fingerprint density at radius 3 is 2.50 bits per heavy atom. The molecule has 8 heteroatoms. The van der Waals surface area contributed by atoms with Crippen LogP contribution in [0.25, 0.3) is 27.0 Å². The summed E-state index contributed by atoms with van der Waals surface area (Å²) in [6.07, 6.45) is 10.7. The highest BCUT2D eigenvalue weighted by atomic mass is 32.1. The standard InChI is InChI=1S/C34H41N5O2S/c40-32(36-34-19-24-15-25(20-34)17-26(16-24)21-34)38(10-9-37-11-13-41-14-12-37)8-7-30-23-42-33-35-31(22-39(30)33)29-6-5-27-3-1-2-4-28(27)18-29/h1-6,18,22-26H,7-17,19-21H2,(H,36,40). The molecule has 0 unspecified atom stereocenters. The quantitative estimate of drug-likeness (QED) is 0.274. The Bertz CT molecular complexity index is 1550. The zero-order valence-electron chi connectivity index (χ0n) is 24.3. The first kappa shape index (κ1) is 26.7. The Morgan fingerprint density at radius 2 is 1.74 bits per heavy atom. The first-order valence-corrected chi connectivity index (χ1v) is 16.8. The van der Waals surface area contributed by atoms with Crippen LogP contribution in [0, 0.1) is 17.8 Å². The van der Waals surface area contributed by atoms with Crippen molar-refractivity contribution in [3.8, 4) is 11.3 Å². The third-order valence-electron chi connectivity index (χ3n) is 10.5. The molecule has 4 bridgehead atoms. The van der Waals surface area contributed by atoms with Crippen LogP contribution in [0.4, 0.5) is 4.79 Å². The number of benzene rings is 2. The summed E-state index contributed by atoms with van der Waals surface area (Å²) in [5.41, 5.74) is 3.38. The third-order valence-corrected chi connectivity index (χ3v) is 11.3. The molecule has 2 aromatic carbocycles. The van der Waals surface area contributed by atoms with Crippen LogP contribution in [-0.4, -0.2) is 76.7 Å². The number of amides is 2. The minimum atomic E-state index is 0.0256. The van der Waals surface area contributed by atoms with Crippen molar-refractivity contribution >= 4 is 33.1 Å². The molecule has 2 aromatic heterocycles. The van der Waals surface area contributed by atoms with Crippen molar-refractivity contribution in [2.75, 3.05) is 45.9 Å². The number of ether oxygens (including phenoxy) is 1. The maximum absolute atomic E-state index is 14.0. The summed E-state index contributed by atoms with van der Waals surface area (Å²) < 4.78 is 7.79. The van der Waals surface area contributed by atoms with Crippen molar-refractivity contribution in [1.82, 2.24) is 24.5 Å². The number of nitrogens with zero attached hydrogens (tertiary/aromatic N) is 4. The topological polar surface area (TPSA) is 62.1 Å². The fourth-order valence-corrected chi connectivity index (χ4v) is 9.63. The molecule has 0 atom stereocenters. The van der Waals surface area contributed by atoms with Crippen molar-refractivity contribution < 1.29 is 9.53 Å². The fraction of sp³-hybridized carbons (Fsp3) is 0.529. The predicted molar refractivity (Wildman–Crippen MR) is 168 cm³/mol. The van der Waals surface area contributed by atoms with Gasteiger partial charge in [-0.05, 0) is 73.1 Å². The summed E-state index contributed by atoms with van der Waals surface area (Å²) in [7, 11) is 0. The van der Waals surface area contributed by atoms with Gasteiger partial charge in [-0.2, -0.15) is 0 Å². The zero-order chi connectivity index (χ0) is 28.1. The van der Waals surface area contributed by atoms with Crippen LogP contribution in [0.1, 0.15) is 44.2 Å². The Hall–Kier alpha value is -2.94. The van der Waals surface area contributed by atoms with Crippen LogP contribution in [0.2, 0.25) is 0 Å². The number of nitrogens with one attached hydrogen (secondary N) is 1. The van der Waals surface area contributed by atoms with Crippen molar-refractivity contribution in [2.24, 2.45) is 17.8 Å². The number of hydrogen-bond donors (Lipinski definition) is 1. The minimum absolute atomic E-state index is 0.0256. The summed E-state index contributed by atoms with van der Waals surface area (Å²) >= 11 is 1.68. The third kappa shape index (κ3) is 5.22. The van der Waals surface area contributed by atoms with E-state index in [-0.39, 0.29) is 11.6 Å². The van der Waals surface area contributed by atoms with E-state index in [0.717, 1.165) is 79.8 Å². The van der Waals surface area contributed by atoms with Crippen LogP contribution < -0.4 is 5.32 Å². The van der Waals surface area contributed by atoms with E-state index in [1.807, 2.05) is 0 Å². The number of rotatable bonds is 8. The summed E-state index contributed by atoms with van der Waals surface area (Å²) in [5.74, 6) is 2.45. The summed E-state index contributed by atoms with van der Waals surface area (Å²) in [6, 6.07) is 15.2.